The average molecular weight is 473 g/mol. The lowest BCUT2D eigenvalue weighted by Crippen LogP contribution is -2.52. The predicted octanol–water partition coefficient (Wildman–Crippen LogP) is 5.16. The molecule has 0 bridgehead atoms. The molecule has 3 aromatic rings. The van der Waals surface area contributed by atoms with Gasteiger partial charge < -0.3 is 15.0 Å². The van der Waals surface area contributed by atoms with Crippen LogP contribution >= 0.6 is 0 Å². The summed E-state index contributed by atoms with van der Waals surface area (Å²) in [4.78, 5) is 28.7. The minimum atomic E-state index is -0.671. The van der Waals surface area contributed by atoms with Crippen LogP contribution < -0.4 is 10.1 Å². The first kappa shape index (κ1) is 26.0. The minimum absolute atomic E-state index is 0.0386. The SMILES string of the molecule is Cc1ccc(CN(C(=O)COc2cccc(C)c2C)C(Cc2ccccc2)C(=O)NC(C)C)cc1. The van der Waals surface area contributed by atoms with Crippen LogP contribution in [0.1, 0.15) is 41.7 Å². The van der Waals surface area contributed by atoms with Crippen molar-refractivity contribution < 1.29 is 14.3 Å². The Morgan fingerprint density at radius 1 is 0.857 bits per heavy atom. The standard InChI is InChI=1S/C30H36N2O3/c1-21(2)31-30(34)27(18-25-11-7-6-8-12-25)32(19-26-16-14-22(3)15-17-26)29(33)20-35-28-13-9-10-23(4)24(28)5/h6-17,21,27H,18-20H2,1-5H3,(H,31,34). The molecule has 5 nitrogen and oxygen atoms in total. The Morgan fingerprint density at radius 2 is 1.54 bits per heavy atom. The summed E-state index contributed by atoms with van der Waals surface area (Å²) in [6.45, 7) is 10.0. The lowest BCUT2D eigenvalue weighted by molar-refractivity contribution is -0.143. The van der Waals surface area contributed by atoms with Crippen molar-refractivity contribution in [3.8, 4) is 5.75 Å². The summed E-state index contributed by atoms with van der Waals surface area (Å²) < 4.78 is 5.96. The van der Waals surface area contributed by atoms with Crippen LogP contribution in [-0.2, 0) is 22.6 Å². The van der Waals surface area contributed by atoms with E-state index in [1.807, 2.05) is 107 Å². The Bertz CT molecular complexity index is 1120. The molecule has 35 heavy (non-hydrogen) atoms. The van der Waals surface area contributed by atoms with Crippen molar-refractivity contribution >= 4 is 11.8 Å². The maximum atomic E-state index is 13.6. The molecule has 0 saturated carbocycles. The van der Waals surface area contributed by atoms with Crippen molar-refractivity contribution in [1.82, 2.24) is 10.2 Å². The van der Waals surface area contributed by atoms with Crippen LogP contribution in [0.4, 0.5) is 0 Å². The Hall–Kier alpha value is -3.60. The van der Waals surface area contributed by atoms with Gasteiger partial charge in [-0.2, -0.15) is 0 Å². The van der Waals surface area contributed by atoms with Crippen molar-refractivity contribution in [2.45, 2.75) is 59.7 Å². The number of amides is 2. The van der Waals surface area contributed by atoms with E-state index in [4.69, 9.17) is 4.74 Å². The first-order valence-electron chi connectivity index (χ1n) is 12.1. The number of aryl methyl sites for hydroxylation is 2. The molecule has 3 rings (SSSR count). The zero-order valence-electron chi connectivity index (χ0n) is 21.4. The summed E-state index contributed by atoms with van der Waals surface area (Å²) in [5.41, 5.74) is 5.21. The molecule has 0 saturated heterocycles. The zero-order valence-corrected chi connectivity index (χ0v) is 21.4. The highest BCUT2D eigenvalue weighted by Crippen LogP contribution is 2.21. The summed E-state index contributed by atoms with van der Waals surface area (Å²) in [5, 5.41) is 3.01. The van der Waals surface area contributed by atoms with Crippen LogP contribution in [0.15, 0.2) is 72.8 Å². The van der Waals surface area contributed by atoms with E-state index in [-0.39, 0.29) is 24.5 Å². The monoisotopic (exact) mass is 472 g/mol. The molecule has 184 valence electrons. The molecule has 3 aromatic carbocycles. The van der Waals surface area contributed by atoms with E-state index in [1.54, 1.807) is 4.90 Å². The number of hydrogen-bond acceptors (Lipinski definition) is 3. The van der Waals surface area contributed by atoms with Gasteiger partial charge in [0.1, 0.15) is 11.8 Å². The molecule has 1 atom stereocenters. The van der Waals surface area contributed by atoms with Crippen LogP contribution in [0.25, 0.3) is 0 Å². The van der Waals surface area contributed by atoms with E-state index in [9.17, 15) is 9.59 Å². The molecule has 2 amide bonds. The molecule has 0 aliphatic heterocycles. The van der Waals surface area contributed by atoms with Crippen LogP contribution in [0.2, 0.25) is 0 Å². The van der Waals surface area contributed by atoms with Gasteiger partial charge in [0, 0.05) is 19.0 Å². The topological polar surface area (TPSA) is 58.6 Å². The minimum Gasteiger partial charge on any atom is -0.483 e. The summed E-state index contributed by atoms with van der Waals surface area (Å²) in [7, 11) is 0. The molecule has 1 unspecified atom stereocenters. The third-order valence-electron chi connectivity index (χ3n) is 6.08. The maximum absolute atomic E-state index is 13.6. The fourth-order valence-electron chi connectivity index (χ4n) is 3.93. The van der Waals surface area contributed by atoms with Crippen LogP contribution in [-0.4, -0.2) is 35.4 Å². The quantitative estimate of drug-likeness (QED) is 0.444. The van der Waals surface area contributed by atoms with Gasteiger partial charge in [0.2, 0.25) is 5.91 Å². The van der Waals surface area contributed by atoms with Crippen molar-refractivity contribution in [1.29, 1.82) is 0 Å². The molecule has 5 heteroatoms. The number of ether oxygens (including phenoxy) is 1. The lowest BCUT2D eigenvalue weighted by atomic mass is 10.0. The Labute approximate surface area is 209 Å². The van der Waals surface area contributed by atoms with Gasteiger partial charge in [0.25, 0.3) is 5.91 Å². The largest absolute Gasteiger partial charge is 0.483 e. The van der Waals surface area contributed by atoms with E-state index in [0.29, 0.717) is 18.7 Å². The highest BCUT2D eigenvalue weighted by atomic mass is 16.5. The third kappa shape index (κ3) is 7.44. The third-order valence-corrected chi connectivity index (χ3v) is 6.08. The molecule has 1 N–H and O–H groups in total. The number of carbonyl (C=O) groups is 2. The van der Waals surface area contributed by atoms with E-state index >= 15 is 0 Å². The molecule has 0 radical (unpaired) electrons. The number of nitrogens with zero attached hydrogens (tertiary/aromatic N) is 1. The number of carbonyl (C=O) groups excluding carboxylic acids is 2. The molecular formula is C30H36N2O3. The van der Waals surface area contributed by atoms with E-state index in [0.717, 1.165) is 27.8 Å². The van der Waals surface area contributed by atoms with Crippen LogP contribution in [0, 0.1) is 20.8 Å². The van der Waals surface area contributed by atoms with Gasteiger partial charge in [-0.1, -0.05) is 72.3 Å². The second kappa shape index (κ2) is 12.2. The van der Waals surface area contributed by atoms with E-state index in [1.165, 1.54) is 0 Å². The van der Waals surface area contributed by atoms with Crippen molar-refractivity contribution in [2.75, 3.05) is 6.61 Å². The van der Waals surface area contributed by atoms with E-state index in [2.05, 4.69) is 5.32 Å². The molecular weight excluding hydrogens is 436 g/mol. The van der Waals surface area contributed by atoms with Gasteiger partial charge in [-0.15, -0.1) is 0 Å². The first-order chi connectivity index (χ1) is 16.7. The van der Waals surface area contributed by atoms with Crippen LogP contribution in [0.3, 0.4) is 0 Å². The summed E-state index contributed by atoms with van der Waals surface area (Å²) >= 11 is 0. The number of nitrogens with one attached hydrogen (secondary N) is 1. The molecule has 0 aliphatic carbocycles. The maximum Gasteiger partial charge on any atom is 0.261 e. The Kier molecular flexibility index (Phi) is 9.07. The smallest absolute Gasteiger partial charge is 0.261 e. The lowest BCUT2D eigenvalue weighted by Gasteiger charge is -2.32. The summed E-state index contributed by atoms with van der Waals surface area (Å²) in [5.74, 6) is 0.280. The molecule has 0 aromatic heterocycles. The molecule has 0 spiro atoms. The molecule has 0 heterocycles. The average Bonchev–Trinajstić information content (AvgIpc) is 2.83. The first-order valence-corrected chi connectivity index (χ1v) is 12.1. The number of hydrogen-bond donors (Lipinski definition) is 1. The number of rotatable bonds is 10. The van der Waals surface area contributed by atoms with Gasteiger partial charge in [-0.3, -0.25) is 9.59 Å². The second-order valence-corrected chi connectivity index (χ2v) is 9.36. The Balaban J connectivity index is 1.92. The van der Waals surface area contributed by atoms with Gasteiger partial charge >= 0.3 is 0 Å². The highest BCUT2D eigenvalue weighted by Gasteiger charge is 2.31. The predicted molar refractivity (Wildman–Crippen MR) is 140 cm³/mol. The van der Waals surface area contributed by atoms with E-state index < -0.39 is 6.04 Å². The fourth-order valence-corrected chi connectivity index (χ4v) is 3.93. The molecule has 0 aliphatic rings. The van der Waals surface area contributed by atoms with Gasteiger partial charge in [-0.05, 0) is 62.9 Å². The second-order valence-electron chi connectivity index (χ2n) is 9.36. The van der Waals surface area contributed by atoms with Crippen molar-refractivity contribution in [3.05, 3.63) is 101 Å². The normalized spacial score (nSPS) is 11.7. The summed E-state index contributed by atoms with van der Waals surface area (Å²) in [6, 6.07) is 22.9. The van der Waals surface area contributed by atoms with Gasteiger partial charge in [0.05, 0.1) is 0 Å². The van der Waals surface area contributed by atoms with Gasteiger partial charge in [0.15, 0.2) is 6.61 Å². The van der Waals surface area contributed by atoms with Crippen molar-refractivity contribution in [2.24, 2.45) is 0 Å². The number of benzene rings is 3. The Morgan fingerprint density at radius 3 is 2.20 bits per heavy atom. The fraction of sp³-hybridized carbons (Fsp3) is 0.333. The highest BCUT2D eigenvalue weighted by molar-refractivity contribution is 5.88. The van der Waals surface area contributed by atoms with Crippen LogP contribution in [0.5, 0.6) is 5.75 Å². The summed E-state index contributed by atoms with van der Waals surface area (Å²) in [6.07, 6.45) is 0.417. The molecule has 0 fully saturated rings. The van der Waals surface area contributed by atoms with Crippen molar-refractivity contribution in [3.63, 3.8) is 0 Å². The van der Waals surface area contributed by atoms with Gasteiger partial charge in [-0.25, -0.2) is 0 Å². The zero-order chi connectivity index (χ0) is 25.4.